The molecule has 8 saturated heterocycles. The number of nitro groups is 1. The predicted molar refractivity (Wildman–Crippen MR) is 341 cm³/mol. The second-order valence-corrected chi connectivity index (χ2v) is 28.6. The van der Waals surface area contributed by atoms with Crippen LogP contribution in [0, 0.1) is 57.5 Å². The van der Waals surface area contributed by atoms with E-state index in [4.69, 9.17) is 80.3 Å². The normalized spacial score (nSPS) is 41.7. The summed E-state index contributed by atoms with van der Waals surface area (Å²) in [5, 5.41) is 78.0. The number of carbonyl (C=O) groups excluding carboxylic acids is 2. The van der Waals surface area contributed by atoms with Crippen molar-refractivity contribution in [3.8, 4) is 0 Å². The number of nitrogens with zero attached hydrogens (tertiary/aromatic N) is 1. The summed E-state index contributed by atoms with van der Waals surface area (Å²) in [6.07, 6.45) is -24.4. The number of hydrogen-bond acceptors (Lipinski definition) is 29. The molecule has 8 aliphatic heterocycles. The first kappa shape index (κ1) is 80.1. The summed E-state index contributed by atoms with van der Waals surface area (Å²) in [6, 6.07) is 23.9. The Balaban J connectivity index is 0.000000187. The largest absolute Gasteiger partial charge is 0.436 e. The van der Waals surface area contributed by atoms with Gasteiger partial charge in [0.05, 0.1) is 60.7 Å². The van der Waals surface area contributed by atoms with E-state index in [2.05, 4.69) is 20.8 Å². The molecule has 0 amide bonds. The van der Waals surface area contributed by atoms with Gasteiger partial charge in [-0.25, -0.2) is 8.78 Å². The van der Waals surface area contributed by atoms with E-state index in [-0.39, 0.29) is 76.2 Å². The molecule has 0 spiro atoms. The molecule has 30 nitrogen and oxygen atoms in total. The standard InChI is InChI=1S/C31H39NO12S.C25H35FO7.C12H21FO10/c1-17-19(3)29(40-21(5)33)42-26(16-39-45(36,37)24-13-11-23(12-14-24)32(34)35)28(17)43-30-20(4)18(2)27-25(41-30)15-38-31(44-27)22-9-7-6-8-10-22;1-13-15(3)23(29-17(5)27)30-19(11-26)21(13)32-24-16(4)14(2)22-20(31-24)12-28-25(33-22)18-9-7-6-8-10-18;13-1-3-10(7(17)8(18)11(20)21-3)23-12-9(19)6(16)5(15)4(2-14)22-12/h6-14,17-20,25-31H,15-16H2,1-5H3;6-10,13-16,19-25H,11-12H2,1-5H3;3-12,14-20H,1-2H2/i;26-1;13-1. The number of nitro benzene ring substituents is 1. The molecular formula is C68H95F2NO29S. The van der Waals surface area contributed by atoms with Crippen LogP contribution in [0.5, 0.6) is 0 Å². The van der Waals surface area contributed by atoms with Gasteiger partial charge in [-0.15, -0.1) is 0 Å². The summed E-state index contributed by atoms with van der Waals surface area (Å²) >= 11 is 0. The Bertz CT molecular complexity index is 3220. The number of fused-ring (bicyclic) bond motifs is 2. The van der Waals surface area contributed by atoms with E-state index in [1.165, 1.54) is 13.8 Å². The minimum atomic E-state index is -4.32. The van der Waals surface area contributed by atoms with Crippen molar-refractivity contribution in [2.24, 2.45) is 47.3 Å². The number of aliphatic hydroxyl groups excluding tert-OH is 7. The maximum atomic E-state index is 13.9. The van der Waals surface area contributed by atoms with Crippen LogP contribution in [0.3, 0.4) is 0 Å². The molecule has 0 aromatic heterocycles. The molecule has 8 aliphatic rings. The van der Waals surface area contributed by atoms with Crippen LogP contribution in [0.25, 0.3) is 0 Å². The monoisotopic (exact) mass is 1460 g/mol. The van der Waals surface area contributed by atoms with Crippen LogP contribution in [0.4, 0.5) is 14.5 Å². The highest BCUT2D eigenvalue weighted by atomic mass is 32.2. The number of carbonyl (C=O) groups is 2. The molecule has 32 atom stereocenters. The Kier molecular flexibility index (Phi) is 28.0. The van der Waals surface area contributed by atoms with Gasteiger partial charge in [-0.05, 0) is 35.8 Å². The van der Waals surface area contributed by atoms with Gasteiger partial charge in [0.25, 0.3) is 15.8 Å². The third kappa shape index (κ3) is 18.8. The zero-order valence-electron chi connectivity index (χ0n) is 57.5. The average Bonchev–Trinajstić information content (AvgIpc) is 0.778. The minimum absolute atomic E-state index is 0.00901. The first-order valence-electron chi connectivity index (χ1n) is 33.8. The molecule has 0 aliphatic carbocycles. The summed E-state index contributed by atoms with van der Waals surface area (Å²) in [5.74, 6) is -1.80. The van der Waals surface area contributed by atoms with Crippen LogP contribution in [0.1, 0.15) is 92.9 Å². The second-order valence-electron chi connectivity index (χ2n) is 27.0. The fraction of sp³-hybridized carbons (Fsp3) is 0.706. The fourth-order valence-electron chi connectivity index (χ4n) is 13.4. The van der Waals surface area contributed by atoms with Gasteiger partial charge in [0, 0.05) is 60.8 Å². The van der Waals surface area contributed by atoms with E-state index >= 15 is 0 Å². The van der Waals surface area contributed by atoms with Crippen molar-refractivity contribution in [1.29, 1.82) is 0 Å². The van der Waals surface area contributed by atoms with Crippen molar-refractivity contribution in [2.45, 2.75) is 222 Å². The maximum absolute atomic E-state index is 13.9. The van der Waals surface area contributed by atoms with Gasteiger partial charge in [-0.1, -0.05) is 116 Å². The Morgan fingerprint density at radius 2 is 0.921 bits per heavy atom. The third-order valence-electron chi connectivity index (χ3n) is 20.3. The number of halogens is 2. The fourth-order valence-corrected chi connectivity index (χ4v) is 14.4. The number of ether oxygens (including phenoxy) is 15. The molecule has 32 unspecified atom stereocenters. The lowest BCUT2D eigenvalue weighted by atomic mass is 9.82. The zero-order valence-corrected chi connectivity index (χ0v) is 58.3. The van der Waals surface area contributed by atoms with Gasteiger partial charge in [0.15, 0.2) is 37.7 Å². The lowest BCUT2D eigenvalue weighted by Crippen LogP contribution is -2.64. The van der Waals surface area contributed by atoms with Crippen LogP contribution in [-0.2, 0) is 94.9 Å². The highest BCUT2D eigenvalue weighted by Crippen LogP contribution is 2.45. The van der Waals surface area contributed by atoms with Crippen molar-refractivity contribution in [3.63, 3.8) is 0 Å². The predicted octanol–water partition coefficient (Wildman–Crippen LogP) is 3.95. The molecule has 8 heterocycles. The van der Waals surface area contributed by atoms with E-state index in [9.17, 15) is 67.5 Å². The number of esters is 2. The second kappa shape index (κ2) is 35.4. The van der Waals surface area contributed by atoms with Crippen LogP contribution >= 0.6 is 0 Å². The van der Waals surface area contributed by atoms with Crippen molar-refractivity contribution in [3.05, 3.63) is 106 Å². The molecule has 566 valence electrons. The first-order valence-corrected chi connectivity index (χ1v) is 35.2. The molecule has 0 saturated carbocycles. The summed E-state index contributed by atoms with van der Waals surface area (Å²) in [7, 11) is -4.32. The lowest BCUT2D eigenvalue weighted by molar-refractivity contribution is -0.384. The quantitative estimate of drug-likeness (QED) is 0.0410. The smallest absolute Gasteiger partial charge is 0.304 e. The highest BCUT2D eigenvalue weighted by Gasteiger charge is 2.55. The number of hydrogen-bond donors (Lipinski definition) is 7. The van der Waals surface area contributed by atoms with Crippen LogP contribution in [0.15, 0.2) is 89.8 Å². The first-order chi connectivity index (χ1) is 48.0. The topological polar surface area (TPSA) is 401 Å². The number of rotatable bonds is 18. The molecule has 3 aromatic carbocycles. The summed E-state index contributed by atoms with van der Waals surface area (Å²) in [4.78, 5) is 33.3. The highest BCUT2D eigenvalue weighted by molar-refractivity contribution is 7.86. The molecule has 0 bridgehead atoms. The van der Waals surface area contributed by atoms with Crippen molar-refractivity contribution >= 4 is 27.7 Å². The van der Waals surface area contributed by atoms with E-state index in [1.807, 2.05) is 95.3 Å². The molecule has 101 heavy (non-hydrogen) atoms. The van der Waals surface area contributed by atoms with Gasteiger partial charge in [-0.3, -0.25) is 23.9 Å². The Morgan fingerprint density at radius 1 is 0.495 bits per heavy atom. The molecule has 0 radical (unpaired) electrons. The number of aliphatic hydroxyl groups is 7. The van der Waals surface area contributed by atoms with Crippen LogP contribution < -0.4 is 0 Å². The Morgan fingerprint density at radius 3 is 1.37 bits per heavy atom. The molecule has 3 aromatic rings. The third-order valence-corrected chi connectivity index (χ3v) is 21.6. The maximum Gasteiger partial charge on any atom is 0.304 e. The van der Waals surface area contributed by atoms with Crippen molar-refractivity contribution in [1.82, 2.24) is 0 Å². The van der Waals surface area contributed by atoms with E-state index in [0.717, 1.165) is 35.4 Å². The van der Waals surface area contributed by atoms with Gasteiger partial charge < -0.3 is 107 Å². The molecule has 7 N–H and O–H groups in total. The Hall–Kier alpha value is -5.03. The molecular weight excluding hydrogens is 1360 g/mol. The minimum Gasteiger partial charge on any atom is -0.436 e. The van der Waals surface area contributed by atoms with Gasteiger partial charge >= 0.3 is 11.9 Å². The summed E-state index contributed by atoms with van der Waals surface area (Å²) < 4.78 is 146. The van der Waals surface area contributed by atoms with Crippen LogP contribution in [-0.4, -0.2) is 236 Å². The Labute approximate surface area is 583 Å². The average molecular weight is 1460 g/mol. The number of non-ortho nitro benzene ring substituents is 1. The van der Waals surface area contributed by atoms with Gasteiger partial charge in [0.2, 0.25) is 12.6 Å². The zero-order chi connectivity index (χ0) is 73.5. The SMILES string of the molecule is CC(=O)OC1OC(COS(=O)(=O)c2ccc([N+](=O)[O-])cc2)C(OC2OC3COC(c4ccccc4)OC3C(C)C2C)C(C)C1C.CC(=O)OC1OC(C[18F])C(OC2OC3COC(c4ccccc4)OC3C(C)C2C)C(C)C1C.OCC1OC(OC2C(C[18F])OC(O)C(O)C2O)C(O)C(O)C1O. The number of benzene rings is 3. The summed E-state index contributed by atoms with van der Waals surface area (Å²) in [5.41, 5.74) is 1.64. The van der Waals surface area contributed by atoms with Crippen LogP contribution in [0.2, 0.25) is 0 Å². The summed E-state index contributed by atoms with van der Waals surface area (Å²) in [6.45, 7) is 16.1. The van der Waals surface area contributed by atoms with E-state index in [0.29, 0.717) is 13.2 Å². The van der Waals surface area contributed by atoms with Gasteiger partial charge in [0.1, 0.15) is 86.6 Å². The molecule has 8 fully saturated rings. The van der Waals surface area contributed by atoms with E-state index in [1.54, 1.807) is 0 Å². The molecule has 33 heteroatoms. The number of alkyl halides is 2. The lowest BCUT2D eigenvalue weighted by Gasteiger charge is -2.50. The van der Waals surface area contributed by atoms with Gasteiger partial charge in [-0.2, -0.15) is 8.42 Å². The van der Waals surface area contributed by atoms with Crippen molar-refractivity contribution in [2.75, 3.05) is 39.8 Å². The van der Waals surface area contributed by atoms with E-state index < -0.39 is 183 Å². The molecule has 11 rings (SSSR count). The van der Waals surface area contributed by atoms with Crippen molar-refractivity contribution < 1.29 is 143 Å².